The highest BCUT2D eigenvalue weighted by molar-refractivity contribution is 5.46. The molecule has 0 amide bonds. The predicted octanol–water partition coefficient (Wildman–Crippen LogP) is 4.92. The van der Waals surface area contributed by atoms with E-state index in [1.54, 1.807) is 21.3 Å². The number of benzene rings is 3. The first kappa shape index (κ1) is 29.7. The third kappa shape index (κ3) is 6.79. The second-order valence-corrected chi connectivity index (χ2v) is 10.4. The van der Waals surface area contributed by atoms with E-state index in [-0.39, 0.29) is 0 Å². The zero-order chi connectivity index (χ0) is 29.4. The number of rotatable bonds is 13. The van der Waals surface area contributed by atoms with E-state index in [2.05, 4.69) is 15.9 Å². The second kappa shape index (κ2) is 13.9. The molecule has 42 heavy (non-hydrogen) atoms. The van der Waals surface area contributed by atoms with Gasteiger partial charge in [0.05, 0.1) is 41.1 Å². The van der Waals surface area contributed by atoms with E-state index in [1.165, 1.54) is 0 Å². The quantitative estimate of drug-likeness (QED) is 0.242. The predicted molar refractivity (Wildman–Crippen MR) is 161 cm³/mol. The summed E-state index contributed by atoms with van der Waals surface area (Å²) in [5, 5.41) is 12.4. The molecule has 2 heterocycles. The average molecular weight is 573 g/mol. The van der Waals surface area contributed by atoms with Crippen molar-refractivity contribution in [3.8, 4) is 17.2 Å². The van der Waals surface area contributed by atoms with Crippen LogP contribution in [-0.2, 0) is 23.4 Å². The van der Waals surface area contributed by atoms with Crippen molar-refractivity contribution < 1.29 is 28.5 Å². The Kier molecular flexibility index (Phi) is 9.81. The van der Waals surface area contributed by atoms with Gasteiger partial charge in [-0.1, -0.05) is 42.5 Å². The molecule has 1 saturated heterocycles. The van der Waals surface area contributed by atoms with Crippen molar-refractivity contribution in [3.05, 3.63) is 113 Å². The zero-order valence-electron chi connectivity index (χ0n) is 24.6. The molecule has 3 aromatic carbocycles. The van der Waals surface area contributed by atoms with E-state index in [0.717, 1.165) is 56.5 Å². The van der Waals surface area contributed by atoms with E-state index in [4.69, 9.17) is 23.4 Å². The molecule has 0 radical (unpaired) electrons. The van der Waals surface area contributed by atoms with Crippen molar-refractivity contribution in [1.29, 1.82) is 0 Å². The van der Waals surface area contributed by atoms with Crippen LogP contribution in [0, 0.1) is 0 Å². The third-order valence-electron chi connectivity index (χ3n) is 7.84. The number of aliphatic hydroxyl groups is 1. The van der Waals surface area contributed by atoms with Crippen LogP contribution >= 0.6 is 0 Å². The molecule has 1 aromatic heterocycles. The van der Waals surface area contributed by atoms with Crippen LogP contribution in [0.4, 0.5) is 0 Å². The highest BCUT2D eigenvalue weighted by Crippen LogP contribution is 2.39. The van der Waals surface area contributed by atoms with Gasteiger partial charge in [-0.05, 0) is 53.6 Å². The minimum atomic E-state index is -1.52. The van der Waals surface area contributed by atoms with Crippen molar-refractivity contribution in [2.24, 2.45) is 0 Å². The number of ether oxygens (including phenoxy) is 4. The minimum absolute atomic E-state index is 0.443. The topological polar surface area (TPSA) is 76.8 Å². The summed E-state index contributed by atoms with van der Waals surface area (Å²) in [4.78, 5) is 4.79. The smallest absolute Gasteiger partial charge is 0.173 e. The Bertz CT molecular complexity index is 1350. The van der Waals surface area contributed by atoms with Crippen molar-refractivity contribution in [2.45, 2.75) is 18.7 Å². The lowest BCUT2D eigenvalue weighted by Gasteiger charge is -2.30. The summed E-state index contributed by atoms with van der Waals surface area (Å²) >= 11 is 0. The molecule has 5 rings (SSSR count). The first-order chi connectivity index (χ1) is 20.5. The number of methoxy groups -OCH3 is 3. The normalized spacial score (nSPS) is 14.2. The summed E-state index contributed by atoms with van der Waals surface area (Å²) in [6.45, 7) is 6.44. The van der Waals surface area contributed by atoms with Crippen LogP contribution in [0.1, 0.15) is 28.2 Å². The van der Waals surface area contributed by atoms with Gasteiger partial charge in [0.1, 0.15) is 28.8 Å². The largest absolute Gasteiger partial charge is 0.497 e. The molecule has 0 atom stereocenters. The van der Waals surface area contributed by atoms with E-state index in [1.807, 2.05) is 78.9 Å². The first-order valence-corrected chi connectivity index (χ1v) is 14.3. The number of hydrogen-bond donors (Lipinski definition) is 1. The molecule has 1 aliphatic rings. The molecule has 4 aromatic rings. The summed E-state index contributed by atoms with van der Waals surface area (Å²) in [6, 6.07) is 26.7. The van der Waals surface area contributed by atoms with Gasteiger partial charge in [0.2, 0.25) is 0 Å². The Morgan fingerprint density at radius 2 is 1.38 bits per heavy atom. The summed E-state index contributed by atoms with van der Waals surface area (Å²) in [5.41, 5.74) is 0.944. The summed E-state index contributed by atoms with van der Waals surface area (Å²) in [6.07, 6.45) is 0. The van der Waals surface area contributed by atoms with Gasteiger partial charge in [0.25, 0.3) is 0 Å². The Labute approximate surface area is 248 Å². The molecular weight excluding hydrogens is 532 g/mol. The standard InChI is InChI=1S/C34H40N2O6/c1-38-29-12-8-27(9-13-29)34(37,28-10-14-30(39-2)15-11-28)33-17-16-31(42-33)25-36(19-18-35-20-22-41-23-21-35)24-26-6-4-5-7-32(26)40-3/h4-17,37H,18-25H2,1-3H3. The Balaban J connectivity index is 1.43. The monoisotopic (exact) mass is 572 g/mol. The van der Waals surface area contributed by atoms with Gasteiger partial charge in [-0.2, -0.15) is 0 Å². The fourth-order valence-electron chi connectivity index (χ4n) is 5.39. The molecule has 0 unspecified atom stereocenters. The number of para-hydroxylation sites is 1. The summed E-state index contributed by atoms with van der Waals surface area (Å²) < 4.78 is 28.4. The molecule has 0 saturated carbocycles. The van der Waals surface area contributed by atoms with Crippen molar-refractivity contribution in [2.75, 3.05) is 60.7 Å². The second-order valence-electron chi connectivity index (χ2n) is 10.4. The third-order valence-corrected chi connectivity index (χ3v) is 7.84. The molecular formula is C34H40N2O6. The van der Waals surface area contributed by atoms with E-state index in [9.17, 15) is 5.11 Å². The maximum absolute atomic E-state index is 12.4. The van der Waals surface area contributed by atoms with E-state index < -0.39 is 5.60 Å². The number of hydrogen-bond acceptors (Lipinski definition) is 8. The molecule has 8 nitrogen and oxygen atoms in total. The Morgan fingerprint density at radius 1 is 0.762 bits per heavy atom. The van der Waals surface area contributed by atoms with E-state index in [0.29, 0.717) is 41.5 Å². The van der Waals surface area contributed by atoms with Crippen LogP contribution < -0.4 is 14.2 Å². The molecule has 1 N–H and O–H groups in total. The lowest BCUT2D eigenvalue weighted by atomic mass is 9.84. The maximum Gasteiger partial charge on any atom is 0.173 e. The SMILES string of the molecule is COc1ccc(C(O)(c2ccc(OC)cc2)c2ccc(CN(CCN3CCOCC3)Cc3ccccc3OC)o2)cc1. The first-order valence-electron chi connectivity index (χ1n) is 14.3. The van der Waals surface area contributed by atoms with Gasteiger partial charge in [-0.3, -0.25) is 9.80 Å². The van der Waals surface area contributed by atoms with Gasteiger partial charge in [-0.15, -0.1) is 0 Å². The van der Waals surface area contributed by atoms with Crippen LogP contribution in [0.5, 0.6) is 17.2 Å². The maximum atomic E-state index is 12.4. The highest BCUT2D eigenvalue weighted by Gasteiger charge is 2.37. The Morgan fingerprint density at radius 3 is 1.98 bits per heavy atom. The molecule has 1 aliphatic heterocycles. The van der Waals surface area contributed by atoms with Crippen LogP contribution in [0.25, 0.3) is 0 Å². The van der Waals surface area contributed by atoms with Crippen LogP contribution in [0.15, 0.2) is 89.3 Å². The Hall–Kier alpha value is -3.82. The summed E-state index contributed by atoms with van der Waals surface area (Å²) in [5.74, 6) is 3.49. The molecule has 0 bridgehead atoms. The fraction of sp³-hybridized carbons (Fsp3) is 0.353. The van der Waals surface area contributed by atoms with Crippen LogP contribution in [-0.4, -0.2) is 75.6 Å². The molecule has 0 spiro atoms. The van der Waals surface area contributed by atoms with Crippen LogP contribution in [0.3, 0.4) is 0 Å². The number of furan rings is 1. The van der Waals surface area contributed by atoms with Gasteiger partial charge in [0.15, 0.2) is 5.60 Å². The minimum Gasteiger partial charge on any atom is -0.497 e. The van der Waals surface area contributed by atoms with Gasteiger partial charge >= 0.3 is 0 Å². The zero-order valence-corrected chi connectivity index (χ0v) is 24.6. The average Bonchev–Trinajstić information content (AvgIpc) is 3.53. The van der Waals surface area contributed by atoms with Crippen molar-refractivity contribution >= 4 is 0 Å². The number of nitrogens with zero attached hydrogens (tertiary/aromatic N) is 2. The highest BCUT2D eigenvalue weighted by atomic mass is 16.5. The van der Waals surface area contributed by atoms with E-state index >= 15 is 0 Å². The van der Waals surface area contributed by atoms with Crippen molar-refractivity contribution in [1.82, 2.24) is 9.80 Å². The molecule has 8 heteroatoms. The lowest BCUT2D eigenvalue weighted by molar-refractivity contribution is 0.0319. The lowest BCUT2D eigenvalue weighted by Crippen LogP contribution is -2.41. The van der Waals surface area contributed by atoms with Gasteiger partial charge in [0, 0.05) is 38.3 Å². The summed E-state index contributed by atoms with van der Waals surface area (Å²) in [7, 11) is 4.95. The number of morpholine rings is 1. The molecule has 0 aliphatic carbocycles. The van der Waals surface area contributed by atoms with Gasteiger partial charge in [-0.25, -0.2) is 0 Å². The van der Waals surface area contributed by atoms with Crippen LogP contribution in [0.2, 0.25) is 0 Å². The fourth-order valence-corrected chi connectivity index (χ4v) is 5.39. The van der Waals surface area contributed by atoms with Crippen molar-refractivity contribution in [3.63, 3.8) is 0 Å². The molecule has 1 fully saturated rings. The van der Waals surface area contributed by atoms with Gasteiger partial charge < -0.3 is 28.5 Å². The molecule has 222 valence electrons.